The Labute approximate surface area is 107 Å². The van der Waals surface area contributed by atoms with Crippen LogP contribution >= 0.6 is 0 Å². The lowest BCUT2D eigenvalue weighted by Crippen LogP contribution is -2.61. The van der Waals surface area contributed by atoms with Crippen molar-refractivity contribution < 1.29 is 27.9 Å². The number of nitrogens with two attached hydrogens (primary N) is 1. The van der Waals surface area contributed by atoms with Gasteiger partial charge in [-0.25, -0.2) is 4.79 Å². The van der Waals surface area contributed by atoms with E-state index in [0.29, 0.717) is 0 Å². The van der Waals surface area contributed by atoms with Crippen LogP contribution in [0.15, 0.2) is 0 Å². The largest absolute Gasteiger partial charge is 0.465 e. The van der Waals surface area contributed by atoms with Crippen LogP contribution < -0.4 is 11.1 Å². The molecule has 0 bridgehead atoms. The van der Waals surface area contributed by atoms with Crippen LogP contribution in [0.3, 0.4) is 0 Å². The predicted octanol–water partition coefficient (Wildman–Crippen LogP) is 0.526. The van der Waals surface area contributed by atoms with Crippen molar-refractivity contribution in [1.29, 1.82) is 0 Å². The molecule has 4 N–H and O–H groups in total. The number of carbonyl (C=O) groups is 2. The number of hydrogen-bond donors (Lipinski definition) is 3. The van der Waals surface area contributed by atoms with Crippen LogP contribution in [0, 0.1) is 0 Å². The molecule has 0 aromatic heterocycles. The smallest absolute Gasteiger partial charge is 0.407 e. The molecule has 6 nitrogen and oxygen atoms in total. The van der Waals surface area contributed by atoms with Crippen LogP contribution in [0.25, 0.3) is 0 Å². The molecule has 9 heteroatoms. The van der Waals surface area contributed by atoms with Crippen LogP contribution in [0.2, 0.25) is 0 Å². The van der Waals surface area contributed by atoms with Crippen molar-refractivity contribution in [2.45, 2.75) is 31.0 Å². The van der Waals surface area contributed by atoms with E-state index >= 15 is 0 Å². The van der Waals surface area contributed by atoms with Gasteiger partial charge in [0.15, 0.2) is 0 Å². The second-order valence-corrected chi connectivity index (χ2v) is 4.51. The molecular weight excluding hydrogens is 267 g/mol. The Morgan fingerprint density at radius 2 is 1.84 bits per heavy atom. The third kappa shape index (κ3) is 4.27. The van der Waals surface area contributed by atoms with Crippen LogP contribution in [-0.2, 0) is 4.79 Å². The molecule has 0 unspecified atom stereocenters. The van der Waals surface area contributed by atoms with Gasteiger partial charge in [0.25, 0.3) is 0 Å². The van der Waals surface area contributed by atoms with Crippen molar-refractivity contribution in [3.05, 3.63) is 0 Å². The summed E-state index contributed by atoms with van der Waals surface area (Å²) in [7, 11) is 0. The number of alkyl halides is 3. The minimum Gasteiger partial charge on any atom is -0.465 e. The second-order valence-electron chi connectivity index (χ2n) is 4.51. The number of piperidine rings is 1. The van der Waals surface area contributed by atoms with Crippen LogP contribution in [0.5, 0.6) is 0 Å². The van der Waals surface area contributed by atoms with Gasteiger partial charge < -0.3 is 21.1 Å². The summed E-state index contributed by atoms with van der Waals surface area (Å²) in [5, 5.41) is 11.3. The van der Waals surface area contributed by atoms with E-state index in [1.165, 1.54) is 0 Å². The van der Waals surface area contributed by atoms with E-state index in [1.54, 1.807) is 0 Å². The van der Waals surface area contributed by atoms with Crippen molar-refractivity contribution in [3.8, 4) is 0 Å². The Balaban J connectivity index is 2.58. The van der Waals surface area contributed by atoms with Gasteiger partial charge in [0.1, 0.15) is 5.54 Å². The minimum absolute atomic E-state index is 0.0668. The van der Waals surface area contributed by atoms with Crippen LogP contribution in [0.1, 0.15) is 19.3 Å². The van der Waals surface area contributed by atoms with Crippen molar-refractivity contribution >= 4 is 12.0 Å². The quantitative estimate of drug-likeness (QED) is 0.701. The molecule has 110 valence electrons. The molecule has 0 saturated carbocycles. The van der Waals surface area contributed by atoms with Crippen molar-refractivity contribution in [2.24, 2.45) is 5.73 Å². The summed E-state index contributed by atoms with van der Waals surface area (Å²) < 4.78 is 36.2. The van der Waals surface area contributed by atoms with Gasteiger partial charge in [-0.1, -0.05) is 0 Å². The summed E-state index contributed by atoms with van der Waals surface area (Å²) in [5.74, 6) is -0.750. The Morgan fingerprint density at radius 3 is 2.21 bits per heavy atom. The number of likely N-dealkylation sites (tertiary alicyclic amines) is 1. The summed E-state index contributed by atoms with van der Waals surface area (Å²) in [5.41, 5.74) is 3.97. The maximum Gasteiger partial charge on any atom is 0.407 e. The first kappa shape index (κ1) is 15.5. The monoisotopic (exact) mass is 283 g/mol. The highest BCUT2D eigenvalue weighted by atomic mass is 19.4. The molecular formula is C10H16F3N3O3. The van der Waals surface area contributed by atoms with Gasteiger partial charge in [0.05, 0.1) is 6.42 Å². The fourth-order valence-electron chi connectivity index (χ4n) is 2.03. The number of primary amides is 1. The van der Waals surface area contributed by atoms with E-state index in [9.17, 15) is 22.8 Å². The standard InChI is InChI=1S/C10H16F3N3O3/c11-10(12,13)1-4-15-9(7(14)17)2-5-16(6-3-9)8(18)19/h15H,1-6H2,(H2,14,17)(H,18,19). The molecule has 2 amide bonds. The minimum atomic E-state index is -4.31. The highest BCUT2D eigenvalue weighted by Crippen LogP contribution is 2.24. The average Bonchev–Trinajstić information content (AvgIpc) is 2.27. The zero-order valence-electron chi connectivity index (χ0n) is 10.2. The normalized spacial score (nSPS) is 19.2. The van der Waals surface area contributed by atoms with Gasteiger partial charge in [-0.3, -0.25) is 4.79 Å². The zero-order valence-corrected chi connectivity index (χ0v) is 10.2. The lowest BCUT2D eigenvalue weighted by molar-refractivity contribution is -0.137. The van der Waals surface area contributed by atoms with Crippen molar-refractivity contribution in [3.63, 3.8) is 0 Å². The van der Waals surface area contributed by atoms with Crippen molar-refractivity contribution in [2.75, 3.05) is 19.6 Å². The number of carbonyl (C=O) groups excluding carboxylic acids is 1. The Bertz CT molecular complexity index is 352. The maximum atomic E-state index is 12.1. The molecule has 1 rings (SSSR count). The number of hydrogen-bond acceptors (Lipinski definition) is 3. The molecule has 1 saturated heterocycles. The number of nitrogens with zero attached hydrogens (tertiary/aromatic N) is 1. The summed E-state index contributed by atoms with van der Waals surface area (Å²) in [4.78, 5) is 23.2. The SMILES string of the molecule is NC(=O)C1(NCCC(F)(F)F)CCN(C(=O)O)CC1. The molecule has 0 atom stereocenters. The zero-order chi connectivity index (χ0) is 14.7. The predicted molar refractivity (Wildman–Crippen MR) is 59.4 cm³/mol. The molecule has 1 aliphatic heterocycles. The summed E-state index contributed by atoms with van der Waals surface area (Å²) >= 11 is 0. The number of carboxylic acid groups (broad SMARTS) is 1. The van der Waals surface area contributed by atoms with Gasteiger partial charge in [-0.05, 0) is 12.8 Å². The molecule has 1 aliphatic rings. The topological polar surface area (TPSA) is 95.7 Å². The molecule has 0 spiro atoms. The van der Waals surface area contributed by atoms with E-state index < -0.39 is 36.7 Å². The fourth-order valence-corrected chi connectivity index (χ4v) is 2.03. The molecule has 0 aliphatic carbocycles. The molecule has 0 aromatic rings. The molecule has 1 heterocycles. The van der Waals surface area contributed by atoms with E-state index in [0.717, 1.165) is 4.90 Å². The first-order valence-corrected chi connectivity index (χ1v) is 5.76. The van der Waals surface area contributed by atoms with Gasteiger partial charge in [-0.15, -0.1) is 0 Å². The van der Waals surface area contributed by atoms with Gasteiger partial charge >= 0.3 is 12.3 Å². The Hall–Kier alpha value is -1.51. The molecule has 0 radical (unpaired) electrons. The summed E-state index contributed by atoms with van der Waals surface area (Å²) in [6, 6.07) is 0. The van der Waals surface area contributed by atoms with E-state index in [1.807, 2.05) is 0 Å². The molecule has 1 fully saturated rings. The van der Waals surface area contributed by atoms with E-state index in [2.05, 4.69) is 5.32 Å². The second kappa shape index (κ2) is 5.64. The first-order valence-electron chi connectivity index (χ1n) is 5.76. The van der Waals surface area contributed by atoms with E-state index in [-0.39, 0.29) is 25.9 Å². The van der Waals surface area contributed by atoms with Gasteiger partial charge in [0, 0.05) is 19.6 Å². The lowest BCUT2D eigenvalue weighted by atomic mass is 9.86. The van der Waals surface area contributed by atoms with Gasteiger partial charge in [-0.2, -0.15) is 13.2 Å². The summed E-state index contributed by atoms with van der Waals surface area (Å²) in [6.45, 7) is -0.284. The lowest BCUT2D eigenvalue weighted by Gasteiger charge is -2.39. The number of halogens is 3. The first-order chi connectivity index (χ1) is 8.66. The Morgan fingerprint density at radius 1 is 1.32 bits per heavy atom. The summed E-state index contributed by atoms with van der Waals surface area (Å²) in [6.07, 6.45) is -6.34. The molecule has 0 aromatic carbocycles. The average molecular weight is 283 g/mol. The number of rotatable bonds is 4. The maximum absolute atomic E-state index is 12.1. The van der Waals surface area contributed by atoms with E-state index in [4.69, 9.17) is 10.8 Å². The number of nitrogens with one attached hydrogen (secondary N) is 1. The van der Waals surface area contributed by atoms with Crippen LogP contribution in [0.4, 0.5) is 18.0 Å². The van der Waals surface area contributed by atoms with Crippen LogP contribution in [-0.4, -0.2) is 53.4 Å². The van der Waals surface area contributed by atoms with Gasteiger partial charge in [0.2, 0.25) is 5.91 Å². The Kier molecular flexibility index (Phi) is 4.61. The third-order valence-corrected chi connectivity index (χ3v) is 3.23. The highest BCUT2D eigenvalue weighted by molar-refractivity contribution is 5.85. The number of amides is 2. The molecule has 19 heavy (non-hydrogen) atoms. The third-order valence-electron chi connectivity index (χ3n) is 3.23. The fraction of sp³-hybridized carbons (Fsp3) is 0.800. The highest BCUT2D eigenvalue weighted by Gasteiger charge is 2.41. The van der Waals surface area contributed by atoms with Crippen molar-refractivity contribution in [1.82, 2.24) is 10.2 Å².